The number of allylic oxidation sites excluding steroid dienone is 1. The van der Waals surface area contributed by atoms with Crippen LogP contribution in [0.1, 0.15) is 52.4 Å². The Balaban J connectivity index is 1.99. The lowest BCUT2D eigenvalue weighted by Gasteiger charge is -2.13. The first kappa shape index (κ1) is 14.2. The fourth-order valence-corrected chi connectivity index (χ4v) is 2.25. The van der Waals surface area contributed by atoms with Crippen LogP contribution in [-0.2, 0) is 4.79 Å². The summed E-state index contributed by atoms with van der Waals surface area (Å²) in [5, 5.41) is 6.20. The molecule has 0 saturated heterocycles. The van der Waals surface area contributed by atoms with E-state index in [1.54, 1.807) is 5.57 Å². The van der Waals surface area contributed by atoms with Gasteiger partial charge in [0.15, 0.2) is 0 Å². The molecular formula is C14H26N2O. The summed E-state index contributed by atoms with van der Waals surface area (Å²) >= 11 is 0. The molecule has 0 bridgehead atoms. The molecule has 0 heterocycles. The number of amides is 1. The lowest BCUT2D eigenvalue weighted by atomic mass is 10.2. The standard InChI is InChI=1S/C14H26N2O/c1-3-6-12(2)16-14(17)11-15-10-9-13-7-4-5-8-13/h7,12,15H,3-6,8-11H2,1-2H3,(H,16,17). The van der Waals surface area contributed by atoms with Crippen LogP contribution in [0.3, 0.4) is 0 Å². The van der Waals surface area contributed by atoms with Crippen molar-refractivity contribution in [2.24, 2.45) is 0 Å². The molecule has 1 unspecified atom stereocenters. The van der Waals surface area contributed by atoms with Gasteiger partial charge in [0.05, 0.1) is 6.54 Å². The quantitative estimate of drug-likeness (QED) is 0.503. The van der Waals surface area contributed by atoms with Crippen LogP contribution < -0.4 is 10.6 Å². The van der Waals surface area contributed by atoms with E-state index in [2.05, 4.69) is 30.6 Å². The summed E-state index contributed by atoms with van der Waals surface area (Å²) in [7, 11) is 0. The molecule has 1 rings (SSSR count). The van der Waals surface area contributed by atoms with Crippen molar-refractivity contribution in [3.8, 4) is 0 Å². The summed E-state index contributed by atoms with van der Waals surface area (Å²) in [6.07, 6.45) is 9.40. The third-order valence-electron chi connectivity index (χ3n) is 3.17. The molecule has 1 aliphatic carbocycles. The van der Waals surface area contributed by atoms with E-state index in [4.69, 9.17) is 0 Å². The molecule has 98 valence electrons. The summed E-state index contributed by atoms with van der Waals surface area (Å²) in [6.45, 7) is 5.56. The lowest BCUT2D eigenvalue weighted by molar-refractivity contribution is -0.120. The Kier molecular flexibility index (Phi) is 6.94. The summed E-state index contributed by atoms with van der Waals surface area (Å²) in [6, 6.07) is 0.298. The molecular weight excluding hydrogens is 212 g/mol. The number of nitrogens with one attached hydrogen (secondary N) is 2. The number of carbonyl (C=O) groups excluding carboxylic acids is 1. The van der Waals surface area contributed by atoms with E-state index < -0.39 is 0 Å². The Bertz CT molecular complexity index is 261. The first-order valence-electron chi connectivity index (χ1n) is 6.90. The van der Waals surface area contributed by atoms with Crippen LogP contribution in [0.4, 0.5) is 0 Å². The van der Waals surface area contributed by atoms with Gasteiger partial charge in [-0.25, -0.2) is 0 Å². The molecule has 0 aliphatic heterocycles. The maximum Gasteiger partial charge on any atom is 0.234 e. The largest absolute Gasteiger partial charge is 0.353 e. The smallest absolute Gasteiger partial charge is 0.234 e. The van der Waals surface area contributed by atoms with Crippen molar-refractivity contribution in [1.82, 2.24) is 10.6 Å². The van der Waals surface area contributed by atoms with E-state index in [9.17, 15) is 4.79 Å². The van der Waals surface area contributed by atoms with Gasteiger partial charge in [0, 0.05) is 6.04 Å². The molecule has 1 atom stereocenters. The highest BCUT2D eigenvalue weighted by atomic mass is 16.1. The minimum Gasteiger partial charge on any atom is -0.353 e. The van der Waals surface area contributed by atoms with Crippen molar-refractivity contribution in [3.05, 3.63) is 11.6 Å². The Morgan fingerprint density at radius 3 is 3.00 bits per heavy atom. The highest BCUT2D eigenvalue weighted by Gasteiger charge is 2.07. The SMILES string of the molecule is CCCC(C)NC(=O)CNCCC1=CCCC1. The second kappa shape index (κ2) is 8.29. The number of carbonyl (C=O) groups is 1. The summed E-state index contributed by atoms with van der Waals surface area (Å²) < 4.78 is 0. The van der Waals surface area contributed by atoms with Crippen molar-refractivity contribution in [2.45, 2.75) is 58.4 Å². The highest BCUT2D eigenvalue weighted by Crippen LogP contribution is 2.19. The normalized spacial score (nSPS) is 16.7. The van der Waals surface area contributed by atoms with Crippen molar-refractivity contribution in [2.75, 3.05) is 13.1 Å². The van der Waals surface area contributed by atoms with Gasteiger partial charge < -0.3 is 10.6 Å². The van der Waals surface area contributed by atoms with Gasteiger partial charge in [0.25, 0.3) is 0 Å². The topological polar surface area (TPSA) is 41.1 Å². The van der Waals surface area contributed by atoms with Gasteiger partial charge in [0.2, 0.25) is 5.91 Å². The zero-order valence-electron chi connectivity index (χ0n) is 11.2. The van der Waals surface area contributed by atoms with Gasteiger partial charge in [0.1, 0.15) is 0 Å². The lowest BCUT2D eigenvalue weighted by Crippen LogP contribution is -2.39. The first-order chi connectivity index (χ1) is 8.22. The molecule has 0 aromatic rings. The minimum absolute atomic E-state index is 0.117. The predicted molar refractivity (Wildman–Crippen MR) is 71.9 cm³/mol. The zero-order valence-corrected chi connectivity index (χ0v) is 11.2. The van der Waals surface area contributed by atoms with Gasteiger partial charge in [-0.3, -0.25) is 4.79 Å². The van der Waals surface area contributed by atoms with Gasteiger partial charge in [-0.15, -0.1) is 0 Å². The molecule has 0 fully saturated rings. The maximum atomic E-state index is 11.5. The minimum atomic E-state index is 0.117. The highest BCUT2D eigenvalue weighted by molar-refractivity contribution is 5.78. The molecule has 3 nitrogen and oxygen atoms in total. The Morgan fingerprint density at radius 2 is 2.35 bits per heavy atom. The van der Waals surface area contributed by atoms with E-state index in [1.807, 2.05) is 0 Å². The van der Waals surface area contributed by atoms with Crippen LogP contribution in [0.25, 0.3) is 0 Å². The Morgan fingerprint density at radius 1 is 1.53 bits per heavy atom. The zero-order chi connectivity index (χ0) is 12.5. The monoisotopic (exact) mass is 238 g/mol. The number of hydrogen-bond donors (Lipinski definition) is 2. The van der Waals surface area contributed by atoms with Crippen LogP contribution in [0.2, 0.25) is 0 Å². The Labute approximate surface area is 105 Å². The maximum absolute atomic E-state index is 11.5. The van der Waals surface area contributed by atoms with E-state index >= 15 is 0 Å². The van der Waals surface area contributed by atoms with Gasteiger partial charge in [-0.05, 0) is 45.6 Å². The molecule has 0 spiro atoms. The second-order valence-electron chi connectivity index (χ2n) is 4.94. The average Bonchev–Trinajstić information content (AvgIpc) is 2.77. The molecule has 2 N–H and O–H groups in total. The van der Waals surface area contributed by atoms with Crippen molar-refractivity contribution >= 4 is 5.91 Å². The van der Waals surface area contributed by atoms with Crippen molar-refractivity contribution in [3.63, 3.8) is 0 Å². The fraction of sp³-hybridized carbons (Fsp3) is 0.786. The van der Waals surface area contributed by atoms with Crippen molar-refractivity contribution < 1.29 is 4.79 Å². The molecule has 17 heavy (non-hydrogen) atoms. The van der Waals surface area contributed by atoms with E-state index in [-0.39, 0.29) is 5.91 Å². The van der Waals surface area contributed by atoms with E-state index in [0.717, 1.165) is 25.8 Å². The van der Waals surface area contributed by atoms with E-state index in [1.165, 1.54) is 19.3 Å². The van der Waals surface area contributed by atoms with E-state index in [0.29, 0.717) is 12.6 Å². The fourth-order valence-electron chi connectivity index (χ4n) is 2.25. The van der Waals surface area contributed by atoms with Crippen LogP contribution in [0, 0.1) is 0 Å². The third kappa shape index (κ3) is 6.47. The van der Waals surface area contributed by atoms with Crippen LogP contribution >= 0.6 is 0 Å². The molecule has 0 saturated carbocycles. The van der Waals surface area contributed by atoms with Crippen molar-refractivity contribution in [1.29, 1.82) is 0 Å². The Hall–Kier alpha value is -0.830. The van der Waals surface area contributed by atoms with Gasteiger partial charge in [-0.1, -0.05) is 25.0 Å². The van der Waals surface area contributed by atoms with Crippen LogP contribution in [0.15, 0.2) is 11.6 Å². The molecule has 0 aromatic carbocycles. The van der Waals surface area contributed by atoms with Gasteiger partial charge >= 0.3 is 0 Å². The summed E-state index contributed by atoms with van der Waals surface area (Å²) in [5.74, 6) is 0.117. The van der Waals surface area contributed by atoms with Gasteiger partial charge in [-0.2, -0.15) is 0 Å². The second-order valence-corrected chi connectivity index (χ2v) is 4.94. The molecule has 0 aromatic heterocycles. The van der Waals surface area contributed by atoms with Crippen LogP contribution in [-0.4, -0.2) is 25.0 Å². The number of hydrogen-bond acceptors (Lipinski definition) is 2. The summed E-state index contributed by atoms with van der Waals surface area (Å²) in [4.78, 5) is 11.5. The summed E-state index contributed by atoms with van der Waals surface area (Å²) in [5.41, 5.74) is 1.55. The molecule has 1 amide bonds. The third-order valence-corrected chi connectivity index (χ3v) is 3.17. The average molecular weight is 238 g/mol. The molecule has 0 radical (unpaired) electrons. The van der Waals surface area contributed by atoms with Crippen LogP contribution in [0.5, 0.6) is 0 Å². The predicted octanol–water partition coefficient (Wildman–Crippen LogP) is 2.38. The molecule has 3 heteroatoms. The molecule has 1 aliphatic rings. The first-order valence-corrected chi connectivity index (χ1v) is 6.90. The number of rotatable bonds is 8.